The highest BCUT2D eigenvalue weighted by Crippen LogP contribution is 2.41. The van der Waals surface area contributed by atoms with E-state index in [2.05, 4.69) is 10.2 Å². The Bertz CT molecular complexity index is 675. The van der Waals surface area contributed by atoms with E-state index in [0.717, 1.165) is 23.2 Å². The fourth-order valence-electron chi connectivity index (χ4n) is 2.46. The zero-order valence-corrected chi connectivity index (χ0v) is 14.4. The van der Waals surface area contributed by atoms with Crippen molar-refractivity contribution in [2.45, 2.75) is 51.6 Å². The first-order chi connectivity index (χ1) is 9.85. The van der Waals surface area contributed by atoms with Gasteiger partial charge in [-0.25, -0.2) is 0 Å². The molecular formula is C15H20F3N3S. The predicted octanol–water partition coefficient (Wildman–Crippen LogP) is 4.52. The van der Waals surface area contributed by atoms with Gasteiger partial charge in [-0.3, -0.25) is 0 Å². The van der Waals surface area contributed by atoms with E-state index in [0.29, 0.717) is 10.7 Å². The average molecular weight is 331 g/mol. The molecule has 0 amide bonds. The van der Waals surface area contributed by atoms with Crippen molar-refractivity contribution in [2.75, 3.05) is 0 Å². The number of rotatable bonds is 2. The van der Waals surface area contributed by atoms with Gasteiger partial charge in [0.1, 0.15) is 16.5 Å². The zero-order chi connectivity index (χ0) is 16.9. The van der Waals surface area contributed by atoms with Crippen molar-refractivity contribution < 1.29 is 13.2 Å². The summed E-state index contributed by atoms with van der Waals surface area (Å²) in [5, 5.41) is 8.47. The van der Waals surface area contributed by atoms with E-state index in [1.165, 1.54) is 6.07 Å². The van der Waals surface area contributed by atoms with Gasteiger partial charge in [0.25, 0.3) is 0 Å². The Morgan fingerprint density at radius 2 is 1.41 bits per heavy atom. The van der Waals surface area contributed by atoms with Crippen molar-refractivity contribution in [2.24, 2.45) is 7.05 Å². The Morgan fingerprint density at radius 1 is 0.909 bits per heavy atom. The van der Waals surface area contributed by atoms with Crippen molar-refractivity contribution >= 4 is 11.3 Å². The lowest BCUT2D eigenvalue weighted by molar-refractivity contribution is -0.134. The molecule has 0 fully saturated rings. The van der Waals surface area contributed by atoms with Crippen LogP contribution in [0.2, 0.25) is 0 Å². The third kappa shape index (κ3) is 2.91. The maximum absolute atomic E-state index is 12.8. The summed E-state index contributed by atoms with van der Waals surface area (Å²) in [5.74, 6) is 1.47. The Labute approximate surface area is 132 Å². The summed E-state index contributed by atoms with van der Waals surface area (Å²) in [6.45, 7) is 9.83. The van der Waals surface area contributed by atoms with Crippen LogP contribution in [0.3, 0.4) is 0 Å². The van der Waals surface area contributed by atoms with Gasteiger partial charge in [-0.15, -0.1) is 21.5 Å². The molecule has 2 aromatic heterocycles. The minimum absolute atomic E-state index is 0.178. The summed E-state index contributed by atoms with van der Waals surface area (Å²) in [6, 6.07) is 2.65. The first-order valence-electron chi connectivity index (χ1n) is 6.93. The quantitative estimate of drug-likeness (QED) is 0.810. The van der Waals surface area contributed by atoms with E-state index in [1.807, 2.05) is 46.2 Å². The van der Waals surface area contributed by atoms with Gasteiger partial charge in [-0.05, 0) is 26.0 Å². The molecule has 0 aliphatic carbocycles. The lowest BCUT2D eigenvalue weighted by Crippen LogP contribution is -2.25. The second kappa shape index (κ2) is 5.08. The van der Waals surface area contributed by atoms with Crippen LogP contribution in [0.5, 0.6) is 0 Å². The van der Waals surface area contributed by atoms with Crippen LogP contribution >= 0.6 is 11.3 Å². The van der Waals surface area contributed by atoms with Gasteiger partial charge in [0.2, 0.25) is 0 Å². The van der Waals surface area contributed by atoms with Gasteiger partial charge < -0.3 is 4.57 Å². The van der Waals surface area contributed by atoms with E-state index >= 15 is 0 Å². The first kappa shape index (κ1) is 17.0. The molecule has 3 nitrogen and oxygen atoms in total. The second-order valence-electron chi connectivity index (χ2n) is 6.94. The van der Waals surface area contributed by atoms with Crippen molar-refractivity contribution in [1.29, 1.82) is 0 Å². The Kier molecular flexibility index (Phi) is 3.92. The van der Waals surface area contributed by atoms with Crippen molar-refractivity contribution in [3.05, 3.63) is 33.5 Å². The number of hydrogen-bond donors (Lipinski definition) is 0. The molecule has 0 aliphatic heterocycles. The Hall–Kier alpha value is -1.37. The second-order valence-corrected chi connectivity index (χ2v) is 8.03. The fraction of sp³-hybridized carbons (Fsp3) is 0.600. The van der Waals surface area contributed by atoms with Crippen LogP contribution in [-0.2, 0) is 24.1 Å². The molecule has 0 spiro atoms. The summed E-state index contributed by atoms with van der Waals surface area (Å²) in [4.78, 5) is 0.0320. The minimum Gasteiger partial charge on any atom is -0.317 e. The van der Waals surface area contributed by atoms with E-state index in [1.54, 1.807) is 0 Å². The van der Waals surface area contributed by atoms with Crippen molar-refractivity contribution in [3.8, 4) is 0 Å². The van der Waals surface area contributed by atoms with Crippen LogP contribution in [-0.4, -0.2) is 14.8 Å². The molecule has 2 heterocycles. The molecule has 2 aromatic rings. The molecule has 0 N–H and O–H groups in total. The average Bonchev–Trinajstić information content (AvgIpc) is 2.92. The smallest absolute Gasteiger partial charge is 0.317 e. The molecular weight excluding hydrogens is 311 g/mol. The van der Waals surface area contributed by atoms with Crippen molar-refractivity contribution in [1.82, 2.24) is 14.8 Å². The number of nitrogens with zero attached hydrogens (tertiary/aromatic N) is 3. The number of alkyl halides is 3. The van der Waals surface area contributed by atoms with E-state index in [4.69, 9.17) is 0 Å². The molecule has 0 saturated heterocycles. The molecule has 0 radical (unpaired) electrons. The van der Waals surface area contributed by atoms with E-state index in [9.17, 15) is 13.2 Å². The summed E-state index contributed by atoms with van der Waals surface area (Å²) >= 11 is 0.761. The molecule has 0 aliphatic rings. The highest BCUT2D eigenvalue weighted by atomic mass is 32.1. The molecule has 122 valence electrons. The van der Waals surface area contributed by atoms with Crippen LogP contribution in [0.1, 0.15) is 56.0 Å². The number of aromatic nitrogens is 3. The van der Waals surface area contributed by atoms with Crippen LogP contribution in [0.4, 0.5) is 13.2 Å². The maximum atomic E-state index is 12.8. The predicted molar refractivity (Wildman–Crippen MR) is 81.2 cm³/mol. The summed E-state index contributed by atoms with van der Waals surface area (Å²) in [7, 11) is 1.86. The number of halogens is 3. The van der Waals surface area contributed by atoms with Crippen molar-refractivity contribution in [3.63, 3.8) is 0 Å². The molecule has 0 atom stereocenters. The largest absolute Gasteiger partial charge is 0.425 e. The van der Waals surface area contributed by atoms with E-state index in [-0.39, 0.29) is 5.41 Å². The lowest BCUT2D eigenvalue weighted by atomic mass is 9.89. The van der Waals surface area contributed by atoms with Gasteiger partial charge in [-0.2, -0.15) is 13.2 Å². The third-order valence-electron chi connectivity index (χ3n) is 3.61. The van der Waals surface area contributed by atoms with Crippen LogP contribution in [0, 0.1) is 0 Å². The molecule has 22 heavy (non-hydrogen) atoms. The number of hydrogen-bond acceptors (Lipinski definition) is 3. The molecule has 2 rings (SSSR count). The zero-order valence-electron chi connectivity index (χ0n) is 13.5. The summed E-state index contributed by atoms with van der Waals surface area (Å²) < 4.78 is 40.3. The molecule has 0 aromatic carbocycles. The van der Waals surface area contributed by atoms with Gasteiger partial charge in [-0.1, -0.05) is 20.8 Å². The molecule has 0 saturated carbocycles. The molecule has 0 bridgehead atoms. The highest BCUT2D eigenvalue weighted by molar-refractivity contribution is 7.12. The molecule has 7 heteroatoms. The van der Waals surface area contributed by atoms with Crippen LogP contribution in [0.15, 0.2) is 12.1 Å². The van der Waals surface area contributed by atoms with Gasteiger partial charge in [0.15, 0.2) is 0 Å². The van der Waals surface area contributed by atoms with E-state index < -0.39 is 16.5 Å². The van der Waals surface area contributed by atoms with Gasteiger partial charge >= 0.3 is 6.18 Å². The molecule has 0 unspecified atom stereocenters. The third-order valence-corrected chi connectivity index (χ3v) is 5.06. The highest BCUT2D eigenvalue weighted by Gasteiger charge is 2.37. The Balaban J connectivity index is 2.47. The SMILES string of the molecule is Cn1c(C(C)(C)C)nnc1C(C)(C)c1ccc(C(F)(F)F)s1. The monoisotopic (exact) mass is 331 g/mol. The van der Waals surface area contributed by atoms with Crippen LogP contribution in [0.25, 0.3) is 0 Å². The summed E-state index contributed by atoms with van der Waals surface area (Å²) in [6.07, 6.45) is -4.31. The van der Waals surface area contributed by atoms with Gasteiger partial charge in [0.05, 0.1) is 5.41 Å². The van der Waals surface area contributed by atoms with Crippen LogP contribution < -0.4 is 0 Å². The fourth-order valence-corrected chi connectivity index (χ4v) is 3.43. The lowest BCUT2D eigenvalue weighted by Gasteiger charge is -2.24. The number of thiophene rings is 1. The normalized spacial score (nSPS) is 13.7. The minimum atomic E-state index is -4.31. The topological polar surface area (TPSA) is 30.7 Å². The first-order valence-corrected chi connectivity index (χ1v) is 7.74. The standard InChI is InChI=1S/C15H20F3N3S/c1-13(2,3)11-19-20-12(21(11)6)14(4,5)9-7-8-10(22-9)15(16,17)18/h7-8H,1-6H3. The maximum Gasteiger partial charge on any atom is 0.425 e. The summed E-state index contributed by atoms with van der Waals surface area (Å²) in [5.41, 5.74) is -0.817. The van der Waals surface area contributed by atoms with Gasteiger partial charge in [0, 0.05) is 17.3 Å². The Morgan fingerprint density at radius 3 is 1.82 bits per heavy atom.